The monoisotopic (exact) mass is 428 g/mol. The van der Waals surface area contributed by atoms with Gasteiger partial charge >= 0.3 is 0 Å². The maximum Gasteiger partial charge on any atom is 0.151 e. The van der Waals surface area contributed by atoms with Crippen molar-refractivity contribution in [2.45, 2.75) is 38.5 Å². The summed E-state index contributed by atoms with van der Waals surface area (Å²) in [5.74, 6) is 1.36. The van der Waals surface area contributed by atoms with Crippen LogP contribution in [-0.2, 0) is 16.0 Å². The summed E-state index contributed by atoms with van der Waals surface area (Å²) in [6.45, 7) is 2.05. The van der Waals surface area contributed by atoms with Gasteiger partial charge in [0.15, 0.2) is 11.6 Å². The van der Waals surface area contributed by atoms with Gasteiger partial charge < -0.3 is 4.74 Å². The van der Waals surface area contributed by atoms with Crippen LogP contribution < -0.4 is 4.74 Å². The number of ketones is 2. The molecular weight excluding hydrogens is 407 g/mol. The minimum atomic E-state index is -0.646. The van der Waals surface area contributed by atoms with Gasteiger partial charge in [-0.1, -0.05) is 36.2 Å². The van der Waals surface area contributed by atoms with E-state index in [1.807, 2.05) is 25.1 Å². The molecule has 0 N–H and O–H groups in total. The second-order valence-electron chi connectivity index (χ2n) is 8.51. The Morgan fingerprint density at radius 3 is 2.28 bits per heavy atom. The van der Waals surface area contributed by atoms with Gasteiger partial charge in [0.25, 0.3) is 0 Å². The van der Waals surface area contributed by atoms with Crippen LogP contribution in [0.5, 0.6) is 11.5 Å². The molecule has 3 aliphatic rings. The fourth-order valence-corrected chi connectivity index (χ4v) is 6.30. The van der Waals surface area contributed by atoms with Crippen LogP contribution in [-0.4, -0.2) is 11.6 Å². The van der Waals surface area contributed by atoms with E-state index in [1.54, 1.807) is 18.2 Å². The second kappa shape index (κ2) is 7.14. The molecule has 0 aromatic heterocycles. The number of aryl methyl sites for hydroxylation is 1. The van der Waals surface area contributed by atoms with Crippen LogP contribution >= 0.6 is 23.2 Å². The van der Waals surface area contributed by atoms with Gasteiger partial charge in [-0.3, -0.25) is 9.59 Å². The highest BCUT2D eigenvalue weighted by atomic mass is 35.5. The molecule has 2 aromatic rings. The zero-order chi connectivity index (χ0) is 20.3. The lowest BCUT2D eigenvalue weighted by Crippen LogP contribution is -2.24. The third-order valence-corrected chi connectivity index (χ3v) is 7.60. The summed E-state index contributed by atoms with van der Waals surface area (Å²) in [5.41, 5.74) is 1.83. The summed E-state index contributed by atoms with van der Waals surface area (Å²) in [6, 6.07) is 10.7. The quantitative estimate of drug-likeness (QED) is 0.540. The Bertz CT molecular complexity index is 987. The molecule has 0 radical (unpaired) electrons. The number of carbonyl (C=O) groups excluding carboxylic acids is 2. The van der Waals surface area contributed by atoms with Gasteiger partial charge in [0.2, 0.25) is 0 Å². The molecule has 0 saturated heterocycles. The fourth-order valence-electron chi connectivity index (χ4n) is 5.85. The lowest BCUT2D eigenvalue weighted by atomic mass is 9.81. The second-order valence-corrected chi connectivity index (χ2v) is 9.36. The van der Waals surface area contributed by atoms with Crippen LogP contribution in [0.3, 0.4) is 0 Å². The van der Waals surface area contributed by atoms with Gasteiger partial charge in [-0.25, -0.2) is 0 Å². The SMILES string of the molecule is CCc1ccc(Oc2ccc(Cl)cc2Cl)cc1C1C(=O)C2C3CCC(C3)C2C1=O. The van der Waals surface area contributed by atoms with Crippen molar-refractivity contribution in [2.75, 3.05) is 0 Å². The summed E-state index contributed by atoms with van der Waals surface area (Å²) >= 11 is 12.2. The number of hydrogen-bond donors (Lipinski definition) is 0. The molecule has 0 amide bonds. The van der Waals surface area contributed by atoms with E-state index in [2.05, 4.69) is 0 Å². The summed E-state index contributed by atoms with van der Waals surface area (Å²) < 4.78 is 5.97. The van der Waals surface area contributed by atoms with Crippen LogP contribution in [0.2, 0.25) is 10.0 Å². The van der Waals surface area contributed by atoms with E-state index in [0.717, 1.165) is 36.8 Å². The molecule has 2 aromatic carbocycles. The molecule has 3 nitrogen and oxygen atoms in total. The van der Waals surface area contributed by atoms with Crippen LogP contribution in [0, 0.1) is 23.7 Å². The van der Waals surface area contributed by atoms with Gasteiger partial charge in [0, 0.05) is 16.9 Å². The van der Waals surface area contributed by atoms with Gasteiger partial charge in [-0.15, -0.1) is 0 Å². The van der Waals surface area contributed by atoms with Crippen LogP contribution in [0.4, 0.5) is 0 Å². The minimum absolute atomic E-state index is 0.0637. The zero-order valence-corrected chi connectivity index (χ0v) is 17.7. The van der Waals surface area contributed by atoms with Crippen molar-refractivity contribution in [3.8, 4) is 11.5 Å². The molecule has 3 fully saturated rings. The number of carbonyl (C=O) groups is 2. The Labute approximate surface area is 180 Å². The third kappa shape index (κ3) is 3.02. The highest BCUT2D eigenvalue weighted by Crippen LogP contribution is 2.59. The lowest BCUT2D eigenvalue weighted by molar-refractivity contribution is -0.125. The van der Waals surface area contributed by atoms with Gasteiger partial charge in [-0.05, 0) is 79.0 Å². The van der Waals surface area contributed by atoms with Crippen molar-refractivity contribution < 1.29 is 14.3 Å². The van der Waals surface area contributed by atoms with Crippen LogP contribution in [0.25, 0.3) is 0 Å². The standard InChI is InChI=1S/C24H22Cl2O3/c1-2-12-5-7-16(29-19-8-6-15(25)10-18(19)26)11-17(12)22-23(27)20-13-3-4-14(9-13)21(20)24(22)28/h5-8,10-11,13-14,20-22H,2-4,9H2,1H3. The first-order chi connectivity index (χ1) is 14.0. The Balaban J connectivity index is 1.50. The molecule has 150 valence electrons. The van der Waals surface area contributed by atoms with Gasteiger partial charge in [0.05, 0.1) is 5.02 Å². The molecule has 4 atom stereocenters. The number of fused-ring (bicyclic) bond motifs is 5. The predicted octanol–water partition coefficient (Wildman–Crippen LogP) is 6.25. The highest BCUT2D eigenvalue weighted by molar-refractivity contribution is 6.35. The minimum Gasteiger partial charge on any atom is -0.456 e. The number of rotatable bonds is 4. The smallest absolute Gasteiger partial charge is 0.151 e. The Morgan fingerprint density at radius 2 is 1.66 bits per heavy atom. The molecule has 4 unspecified atom stereocenters. The molecule has 5 rings (SSSR count). The molecule has 3 aliphatic carbocycles. The zero-order valence-electron chi connectivity index (χ0n) is 16.2. The molecule has 0 spiro atoms. The van der Waals surface area contributed by atoms with E-state index in [1.165, 1.54) is 0 Å². The Morgan fingerprint density at radius 1 is 0.966 bits per heavy atom. The highest BCUT2D eigenvalue weighted by Gasteiger charge is 2.61. The number of benzene rings is 2. The van der Waals surface area contributed by atoms with E-state index in [9.17, 15) is 9.59 Å². The van der Waals surface area contributed by atoms with Crippen LogP contribution in [0.1, 0.15) is 43.2 Å². The van der Waals surface area contributed by atoms with Crippen molar-refractivity contribution in [3.05, 3.63) is 57.6 Å². The molecule has 0 heterocycles. The van der Waals surface area contributed by atoms with Crippen molar-refractivity contribution in [1.29, 1.82) is 0 Å². The van der Waals surface area contributed by atoms with E-state index in [0.29, 0.717) is 33.4 Å². The van der Waals surface area contributed by atoms with Crippen LogP contribution in [0.15, 0.2) is 36.4 Å². The first kappa shape index (κ1) is 19.1. The predicted molar refractivity (Wildman–Crippen MR) is 113 cm³/mol. The Hall–Kier alpha value is -1.84. The molecule has 3 saturated carbocycles. The third-order valence-electron chi connectivity index (χ3n) is 7.07. The summed E-state index contributed by atoms with van der Waals surface area (Å²) in [6.07, 6.45) is 4.00. The summed E-state index contributed by atoms with van der Waals surface area (Å²) in [7, 11) is 0. The molecule has 0 aliphatic heterocycles. The molecular formula is C24H22Cl2O3. The number of halogens is 2. The van der Waals surface area contributed by atoms with E-state index in [-0.39, 0.29) is 23.4 Å². The maximum atomic E-state index is 13.3. The number of ether oxygens (including phenoxy) is 1. The summed E-state index contributed by atoms with van der Waals surface area (Å²) in [4.78, 5) is 26.6. The maximum absolute atomic E-state index is 13.3. The number of Topliss-reactive ketones (excluding diaryl/α,β-unsaturated/α-hetero) is 2. The normalized spacial score (nSPS) is 30.1. The average Bonchev–Trinajstić information content (AvgIpc) is 3.38. The lowest BCUT2D eigenvalue weighted by Gasteiger charge is -2.21. The number of hydrogen-bond acceptors (Lipinski definition) is 3. The Kier molecular flexibility index (Phi) is 4.71. The first-order valence-electron chi connectivity index (χ1n) is 10.3. The van der Waals surface area contributed by atoms with E-state index >= 15 is 0 Å². The topological polar surface area (TPSA) is 43.4 Å². The molecule has 2 bridgehead atoms. The molecule has 29 heavy (non-hydrogen) atoms. The fraction of sp³-hybridized carbons (Fsp3) is 0.417. The average molecular weight is 429 g/mol. The van der Waals surface area contributed by atoms with Crippen molar-refractivity contribution in [2.24, 2.45) is 23.7 Å². The van der Waals surface area contributed by atoms with Gasteiger partial charge in [-0.2, -0.15) is 0 Å². The van der Waals surface area contributed by atoms with Crippen molar-refractivity contribution >= 4 is 34.8 Å². The summed E-state index contributed by atoms with van der Waals surface area (Å²) in [5, 5.41) is 0.949. The van der Waals surface area contributed by atoms with Crippen molar-refractivity contribution in [1.82, 2.24) is 0 Å². The molecule has 5 heteroatoms. The largest absolute Gasteiger partial charge is 0.456 e. The van der Waals surface area contributed by atoms with E-state index in [4.69, 9.17) is 27.9 Å². The van der Waals surface area contributed by atoms with E-state index < -0.39 is 5.92 Å². The first-order valence-corrected chi connectivity index (χ1v) is 11.1. The van der Waals surface area contributed by atoms with Crippen molar-refractivity contribution in [3.63, 3.8) is 0 Å². The van der Waals surface area contributed by atoms with Gasteiger partial charge in [0.1, 0.15) is 17.4 Å².